The fourth-order valence-electron chi connectivity index (χ4n) is 6.90. The molecule has 2 heteroatoms. The first-order valence-corrected chi connectivity index (χ1v) is 16.3. The zero-order valence-electron chi connectivity index (χ0n) is 26.3. The lowest BCUT2D eigenvalue weighted by molar-refractivity contribution is 0.631. The van der Waals surface area contributed by atoms with Crippen LogP contribution in [0.5, 0.6) is 0 Å². The highest BCUT2D eigenvalue weighted by atomic mass is 16.3. The van der Waals surface area contributed by atoms with Gasteiger partial charge in [0.2, 0.25) is 0 Å². The Hall–Kier alpha value is -6.38. The number of para-hydroxylation sites is 1. The molecule has 0 saturated heterocycles. The molecular weight excluding hydrogens is 583 g/mol. The van der Waals surface area contributed by atoms with Crippen molar-refractivity contribution in [3.63, 3.8) is 0 Å². The summed E-state index contributed by atoms with van der Waals surface area (Å²) in [6.45, 7) is 0. The molecule has 0 amide bonds. The van der Waals surface area contributed by atoms with E-state index in [0.717, 1.165) is 39.4 Å². The third kappa shape index (κ3) is 5.01. The summed E-state index contributed by atoms with van der Waals surface area (Å²) in [6.07, 6.45) is 0. The lowest BCUT2D eigenvalue weighted by Gasteiger charge is -2.26. The normalized spacial score (nSPS) is 11.3. The second-order valence-corrected chi connectivity index (χ2v) is 12.2. The molecule has 0 fully saturated rings. The molecule has 0 saturated carbocycles. The maximum Gasteiger partial charge on any atom is 0.135 e. The van der Waals surface area contributed by atoms with Crippen molar-refractivity contribution < 1.29 is 4.42 Å². The van der Waals surface area contributed by atoms with Gasteiger partial charge < -0.3 is 9.32 Å². The van der Waals surface area contributed by atoms with Crippen LogP contribution in [0.15, 0.2) is 192 Å². The molecule has 2 nitrogen and oxygen atoms in total. The summed E-state index contributed by atoms with van der Waals surface area (Å²) in [5, 5.41) is 6.10. The van der Waals surface area contributed by atoms with Crippen LogP contribution in [0.2, 0.25) is 0 Å². The second-order valence-electron chi connectivity index (χ2n) is 12.2. The molecule has 0 unspecified atom stereocenters. The van der Waals surface area contributed by atoms with Crippen molar-refractivity contribution in [3.8, 4) is 33.6 Å². The number of furan rings is 1. The topological polar surface area (TPSA) is 16.4 Å². The minimum absolute atomic E-state index is 0.857. The van der Waals surface area contributed by atoms with Crippen molar-refractivity contribution in [3.05, 3.63) is 188 Å². The molecule has 1 aromatic heterocycles. The number of hydrogen-bond donors (Lipinski definition) is 0. The Bertz CT molecular complexity index is 2390. The first kappa shape index (κ1) is 27.9. The molecule has 0 aliphatic carbocycles. The van der Waals surface area contributed by atoms with Crippen LogP contribution in [0.25, 0.3) is 66.1 Å². The van der Waals surface area contributed by atoms with Gasteiger partial charge in [0.05, 0.1) is 0 Å². The molecule has 0 aliphatic heterocycles. The molecule has 0 spiro atoms. The van der Waals surface area contributed by atoms with Gasteiger partial charge >= 0.3 is 0 Å². The Balaban J connectivity index is 1.15. The average molecular weight is 614 g/mol. The van der Waals surface area contributed by atoms with Gasteiger partial charge in [0.15, 0.2) is 0 Å². The van der Waals surface area contributed by atoms with E-state index in [1.807, 2.05) is 18.2 Å². The number of nitrogens with zero attached hydrogens (tertiary/aromatic N) is 1. The van der Waals surface area contributed by atoms with Crippen LogP contribution in [0.1, 0.15) is 0 Å². The minimum atomic E-state index is 0.857. The molecular formula is C46H31NO. The molecule has 9 rings (SSSR count). The van der Waals surface area contributed by atoms with Crippen LogP contribution in [0.3, 0.4) is 0 Å². The SMILES string of the molecule is c1cc(-c2cc3ccccc3o2)cc(N(c2ccc(-c3cccc4ccccc34)cc2)c2ccc(-c3cccc4ccccc34)cc2)c1. The van der Waals surface area contributed by atoms with Gasteiger partial charge in [-0.05, 0) is 92.3 Å². The Kier molecular flexibility index (Phi) is 6.84. The smallest absolute Gasteiger partial charge is 0.135 e. The monoisotopic (exact) mass is 613 g/mol. The lowest BCUT2D eigenvalue weighted by Crippen LogP contribution is -2.10. The maximum absolute atomic E-state index is 6.28. The second kappa shape index (κ2) is 11.8. The summed E-state index contributed by atoms with van der Waals surface area (Å²) in [7, 11) is 0. The third-order valence-electron chi connectivity index (χ3n) is 9.27. The van der Waals surface area contributed by atoms with E-state index in [9.17, 15) is 0 Å². The number of hydrogen-bond acceptors (Lipinski definition) is 2. The Morgan fingerprint density at radius 1 is 0.333 bits per heavy atom. The van der Waals surface area contributed by atoms with Crippen LogP contribution < -0.4 is 4.90 Å². The van der Waals surface area contributed by atoms with E-state index < -0.39 is 0 Å². The van der Waals surface area contributed by atoms with Gasteiger partial charge in [-0.25, -0.2) is 0 Å². The van der Waals surface area contributed by atoms with Gasteiger partial charge in [-0.2, -0.15) is 0 Å². The minimum Gasteiger partial charge on any atom is -0.456 e. The van der Waals surface area contributed by atoms with E-state index in [0.29, 0.717) is 0 Å². The Morgan fingerprint density at radius 2 is 0.833 bits per heavy atom. The van der Waals surface area contributed by atoms with Gasteiger partial charge in [-0.3, -0.25) is 0 Å². The number of fused-ring (bicyclic) bond motifs is 3. The van der Waals surface area contributed by atoms with E-state index in [1.54, 1.807) is 0 Å². The van der Waals surface area contributed by atoms with Crippen molar-refractivity contribution in [1.82, 2.24) is 0 Å². The third-order valence-corrected chi connectivity index (χ3v) is 9.27. The van der Waals surface area contributed by atoms with Crippen LogP contribution in [-0.2, 0) is 0 Å². The molecule has 48 heavy (non-hydrogen) atoms. The van der Waals surface area contributed by atoms with E-state index in [2.05, 4.69) is 175 Å². The summed E-state index contributed by atoms with van der Waals surface area (Å²) in [5.74, 6) is 0.857. The highest BCUT2D eigenvalue weighted by molar-refractivity contribution is 5.98. The van der Waals surface area contributed by atoms with Crippen molar-refractivity contribution >= 4 is 49.6 Å². The number of anilines is 3. The lowest BCUT2D eigenvalue weighted by atomic mass is 9.97. The van der Waals surface area contributed by atoms with Gasteiger partial charge in [-0.1, -0.05) is 140 Å². The van der Waals surface area contributed by atoms with Gasteiger partial charge in [0, 0.05) is 28.0 Å². The van der Waals surface area contributed by atoms with Crippen LogP contribution in [-0.4, -0.2) is 0 Å². The predicted molar refractivity (Wildman–Crippen MR) is 202 cm³/mol. The molecule has 1 heterocycles. The molecule has 9 aromatic rings. The standard InChI is InChI=1S/C46H31NO/c1-4-17-41-32(10-1)13-8-19-43(41)34-22-26-38(27-23-34)47(40-16-7-15-36(30-40)46-31-37-12-3-6-21-45(37)48-46)39-28-24-35(25-29-39)44-20-9-14-33-11-2-5-18-42(33)44/h1-31H. The maximum atomic E-state index is 6.28. The Labute approximate surface area is 279 Å². The predicted octanol–water partition coefficient (Wildman–Crippen LogP) is 13.2. The van der Waals surface area contributed by atoms with E-state index >= 15 is 0 Å². The summed E-state index contributed by atoms with van der Waals surface area (Å²) >= 11 is 0. The van der Waals surface area contributed by atoms with Crippen LogP contribution in [0.4, 0.5) is 17.1 Å². The summed E-state index contributed by atoms with van der Waals surface area (Å²) in [6, 6.07) is 66.9. The molecule has 0 aliphatic rings. The van der Waals surface area contributed by atoms with Crippen molar-refractivity contribution in [2.75, 3.05) is 4.90 Å². The summed E-state index contributed by atoms with van der Waals surface area (Å²) in [5.41, 5.74) is 10.0. The van der Waals surface area contributed by atoms with Crippen molar-refractivity contribution in [1.29, 1.82) is 0 Å². The quantitative estimate of drug-likeness (QED) is 0.185. The Morgan fingerprint density at radius 3 is 1.42 bits per heavy atom. The average Bonchev–Trinajstić information content (AvgIpc) is 3.60. The molecule has 0 radical (unpaired) electrons. The zero-order chi connectivity index (χ0) is 31.9. The van der Waals surface area contributed by atoms with Crippen LogP contribution >= 0.6 is 0 Å². The molecule has 0 N–H and O–H groups in total. The summed E-state index contributed by atoms with van der Waals surface area (Å²) in [4.78, 5) is 2.33. The fraction of sp³-hybridized carbons (Fsp3) is 0. The number of benzene rings is 8. The van der Waals surface area contributed by atoms with Crippen molar-refractivity contribution in [2.24, 2.45) is 0 Å². The van der Waals surface area contributed by atoms with E-state index in [1.165, 1.54) is 43.8 Å². The van der Waals surface area contributed by atoms with Gasteiger partial charge in [-0.15, -0.1) is 0 Å². The van der Waals surface area contributed by atoms with Crippen molar-refractivity contribution in [2.45, 2.75) is 0 Å². The highest BCUT2D eigenvalue weighted by Gasteiger charge is 2.16. The first-order valence-electron chi connectivity index (χ1n) is 16.3. The van der Waals surface area contributed by atoms with Crippen LogP contribution in [0, 0.1) is 0 Å². The van der Waals surface area contributed by atoms with Gasteiger partial charge in [0.25, 0.3) is 0 Å². The molecule has 0 bridgehead atoms. The highest BCUT2D eigenvalue weighted by Crippen LogP contribution is 2.40. The van der Waals surface area contributed by atoms with E-state index in [-0.39, 0.29) is 0 Å². The number of rotatable bonds is 6. The van der Waals surface area contributed by atoms with Gasteiger partial charge in [0.1, 0.15) is 11.3 Å². The fourth-order valence-corrected chi connectivity index (χ4v) is 6.90. The van der Waals surface area contributed by atoms with E-state index in [4.69, 9.17) is 4.42 Å². The zero-order valence-corrected chi connectivity index (χ0v) is 26.3. The largest absolute Gasteiger partial charge is 0.456 e. The summed E-state index contributed by atoms with van der Waals surface area (Å²) < 4.78 is 6.28. The molecule has 226 valence electrons. The molecule has 8 aromatic carbocycles. The molecule has 0 atom stereocenters. The first-order chi connectivity index (χ1) is 23.8.